The van der Waals surface area contributed by atoms with Gasteiger partial charge in [0.25, 0.3) is 0 Å². The third-order valence-corrected chi connectivity index (χ3v) is 2.86. The Morgan fingerprint density at radius 3 is 2.77 bits per heavy atom. The van der Waals surface area contributed by atoms with Crippen LogP contribution in [0.4, 0.5) is 0 Å². The Balaban J connectivity index is 2.59. The van der Waals surface area contributed by atoms with Gasteiger partial charge in [-0.2, -0.15) is 0 Å². The zero-order valence-electron chi connectivity index (χ0n) is 7.54. The molecule has 0 radical (unpaired) electrons. The van der Waals surface area contributed by atoms with Gasteiger partial charge < -0.3 is 5.32 Å². The van der Waals surface area contributed by atoms with E-state index in [1.165, 1.54) is 0 Å². The molecule has 0 spiro atoms. The number of hydrogen-bond acceptors (Lipinski definition) is 4. The highest BCUT2D eigenvalue weighted by molar-refractivity contribution is 8.05. The molecule has 1 N–H and O–H groups in total. The minimum Gasteiger partial charge on any atom is -0.313 e. The summed E-state index contributed by atoms with van der Waals surface area (Å²) in [4.78, 5) is 11.1. The van der Waals surface area contributed by atoms with Crippen LogP contribution >= 0.6 is 0 Å². The summed E-state index contributed by atoms with van der Waals surface area (Å²) in [6, 6.07) is 0. The van der Waals surface area contributed by atoms with Crippen LogP contribution in [0.5, 0.6) is 0 Å². The molecule has 0 aromatic heterocycles. The number of carbonyl (C=O) groups is 1. The standard InChI is InChI=1S/C8H13NO3S/c1-13(11,12)8(10)5-7-3-2-4-9-6-7/h3,9H,2,4-6H2,1H3. The van der Waals surface area contributed by atoms with Gasteiger partial charge in [0.1, 0.15) is 0 Å². The third-order valence-electron chi connectivity index (χ3n) is 1.89. The van der Waals surface area contributed by atoms with Crippen LogP contribution in [0.2, 0.25) is 0 Å². The smallest absolute Gasteiger partial charge is 0.250 e. The molecule has 1 heterocycles. The summed E-state index contributed by atoms with van der Waals surface area (Å²) >= 11 is 0. The fourth-order valence-corrected chi connectivity index (χ4v) is 1.60. The van der Waals surface area contributed by atoms with Crippen molar-refractivity contribution < 1.29 is 13.2 Å². The zero-order valence-corrected chi connectivity index (χ0v) is 8.36. The van der Waals surface area contributed by atoms with Gasteiger partial charge in [-0.25, -0.2) is 8.42 Å². The van der Waals surface area contributed by atoms with Crippen LogP contribution in [-0.4, -0.2) is 32.9 Å². The van der Waals surface area contributed by atoms with Gasteiger partial charge in [-0.05, 0) is 13.0 Å². The fourth-order valence-electron chi connectivity index (χ4n) is 1.15. The van der Waals surface area contributed by atoms with Crippen molar-refractivity contribution in [1.82, 2.24) is 5.32 Å². The maximum absolute atomic E-state index is 11.1. The van der Waals surface area contributed by atoms with Crippen molar-refractivity contribution in [1.29, 1.82) is 0 Å². The second kappa shape index (κ2) is 4.02. The number of carbonyl (C=O) groups excluding carboxylic acids is 1. The lowest BCUT2D eigenvalue weighted by Crippen LogP contribution is -2.24. The van der Waals surface area contributed by atoms with E-state index in [0.717, 1.165) is 24.8 Å². The van der Waals surface area contributed by atoms with Gasteiger partial charge in [-0.3, -0.25) is 4.79 Å². The first kappa shape index (κ1) is 10.4. The second-order valence-electron chi connectivity index (χ2n) is 3.15. The van der Waals surface area contributed by atoms with Crippen molar-refractivity contribution in [3.8, 4) is 0 Å². The summed E-state index contributed by atoms with van der Waals surface area (Å²) in [5.41, 5.74) is 0.877. The maximum Gasteiger partial charge on any atom is 0.250 e. The molecule has 0 bridgehead atoms. The third kappa shape index (κ3) is 3.28. The predicted octanol–water partition coefficient (Wildman–Crippen LogP) is -0.133. The van der Waals surface area contributed by atoms with Gasteiger partial charge in [-0.1, -0.05) is 11.6 Å². The number of hydrogen-bond donors (Lipinski definition) is 1. The van der Waals surface area contributed by atoms with E-state index in [-0.39, 0.29) is 6.42 Å². The van der Waals surface area contributed by atoms with Crippen LogP contribution in [0.3, 0.4) is 0 Å². The molecule has 1 aliphatic heterocycles. The highest BCUT2D eigenvalue weighted by atomic mass is 32.2. The van der Waals surface area contributed by atoms with Crippen molar-refractivity contribution in [2.45, 2.75) is 12.8 Å². The Morgan fingerprint density at radius 2 is 2.31 bits per heavy atom. The molecule has 0 atom stereocenters. The van der Waals surface area contributed by atoms with Crippen LogP contribution < -0.4 is 5.32 Å². The van der Waals surface area contributed by atoms with Gasteiger partial charge in [0.2, 0.25) is 15.0 Å². The van der Waals surface area contributed by atoms with Crippen LogP contribution in [0, 0.1) is 0 Å². The lowest BCUT2D eigenvalue weighted by Gasteiger charge is -2.12. The Hall–Kier alpha value is -0.680. The normalized spacial score (nSPS) is 18.1. The molecule has 5 heteroatoms. The zero-order chi connectivity index (χ0) is 9.90. The van der Waals surface area contributed by atoms with Crippen molar-refractivity contribution in [2.24, 2.45) is 0 Å². The number of nitrogens with one attached hydrogen (secondary N) is 1. The van der Waals surface area contributed by atoms with E-state index < -0.39 is 15.0 Å². The van der Waals surface area contributed by atoms with Crippen LogP contribution in [-0.2, 0) is 14.6 Å². The quantitative estimate of drug-likeness (QED) is 0.635. The molecule has 0 aromatic carbocycles. The molecule has 0 unspecified atom stereocenters. The van der Waals surface area contributed by atoms with E-state index in [9.17, 15) is 13.2 Å². The van der Waals surface area contributed by atoms with E-state index >= 15 is 0 Å². The average molecular weight is 203 g/mol. The van der Waals surface area contributed by atoms with Crippen LogP contribution in [0.15, 0.2) is 11.6 Å². The molecule has 0 saturated heterocycles. The molecule has 1 aliphatic rings. The first-order chi connectivity index (χ1) is 6.00. The summed E-state index contributed by atoms with van der Waals surface area (Å²) in [6.45, 7) is 1.53. The van der Waals surface area contributed by atoms with E-state index in [1.807, 2.05) is 6.08 Å². The molecule has 0 saturated carbocycles. The SMILES string of the molecule is CS(=O)(=O)C(=O)CC1=CCCNC1. The molecule has 0 aromatic rings. The molecular formula is C8H13NO3S. The van der Waals surface area contributed by atoms with Gasteiger partial charge in [0.15, 0.2) is 0 Å². The first-order valence-electron chi connectivity index (χ1n) is 4.11. The molecule has 0 fully saturated rings. The summed E-state index contributed by atoms with van der Waals surface area (Å²) in [5.74, 6) is 0. The predicted molar refractivity (Wildman–Crippen MR) is 50.0 cm³/mol. The van der Waals surface area contributed by atoms with Crippen molar-refractivity contribution >= 4 is 15.0 Å². The van der Waals surface area contributed by atoms with Gasteiger partial charge in [0, 0.05) is 19.2 Å². The van der Waals surface area contributed by atoms with Gasteiger partial charge in [-0.15, -0.1) is 0 Å². The lowest BCUT2D eigenvalue weighted by atomic mass is 10.1. The molecular weight excluding hydrogens is 190 g/mol. The van der Waals surface area contributed by atoms with E-state index in [0.29, 0.717) is 6.54 Å². The lowest BCUT2D eigenvalue weighted by molar-refractivity contribution is -0.111. The summed E-state index contributed by atoms with van der Waals surface area (Å²) in [6.07, 6.45) is 3.78. The van der Waals surface area contributed by atoms with Gasteiger partial charge in [0.05, 0.1) is 0 Å². The van der Waals surface area contributed by atoms with Crippen molar-refractivity contribution in [3.05, 3.63) is 11.6 Å². The van der Waals surface area contributed by atoms with Crippen LogP contribution in [0.25, 0.3) is 0 Å². The van der Waals surface area contributed by atoms with Crippen molar-refractivity contribution in [2.75, 3.05) is 19.3 Å². The molecule has 1 rings (SSSR count). The van der Waals surface area contributed by atoms with Crippen molar-refractivity contribution in [3.63, 3.8) is 0 Å². The second-order valence-corrected chi connectivity index (χ2v) is 5.15. The Bertz CT molecular complexity index is 329. The number of rotatable bonds is 2. The molecule has 74 valence electrons. The highest BCUT2D eigenvalue weighted by Gasteiger charge is 2.17. The summed E-state index contributed by atoms with van der Waals surface area (Å²) < 4.78 is 21.6. The minimum absolute atomic E-state index is 0.0336. The highest BCUT2D eigenvalue weighted by Crippen LogP contribution is 2.08. The topological polar surface area (TPSA) is 63.2 Å². The Kier molecular flexibility index (Phi) is 3.22. The van der Waals surface area contributed by atoms with E-state index in [4.69, 9.17) is 0 Å². The minimum atomic E-state index is -3.51. The summed E-state index contributed by atoms with van der Waals surface area (Å²) in [5, 5.41) is 2.38. The first-order valence-corrected chi connectivity index (χ1v) is 6.01. The fraction of sp³-hybridized carbons (Fsp3) is 0.625. The maximum atomic E-state index is 11.1. The average Bonchev–Trinajstić information content (AvgIpc) is 2.04. The molecule has 0 aliphatic carbocycles. The van der Waals surface area contributed by atoms with E-state index in [1.54, 1.807) is 0 Å². The van der Waals surface area contributed by atoms with Crippen LogP contribution in [0.1, 0.15) is 12.8 Å². The number of sulfone groups is 1. The van der Waals surface area contributed by atoms with Gasteiger partial charge >= 0.3 is 0 Å². The Labute approximate surface area is 77.9 Å². The largest absolute Gasteiger partial charge is 0.313 e. The Morgan fingerprint density at radius 1 is 1.62 bits per heavy atom. The molecule has 13 heavy (non-hydrogen) atoms. The molecule has 0 amide bonds. The monoisotopic (exact) mass is 203 g/mol. The molecule has 4 nitrogen and oxygen atoms in total. The van der Waals surface area contributed by atoms with E-state index in [2.05, 4.69) is 5.32 Å². The summed E-state index contributed by atoms with van der Waals surface area (Å²) in [7, 11) is -3.51.